The van der Waals surface area contributed by atoms with Crippen LogP contribution in [0.15, 0.2) is 30.6 Å². The van der Waals surface area contributed by atoms with Gasteiger partial charge in [0.2, 0.25) is 0 Å². The van der Waals surface area contributed by atoms with Gasteiger partial charge in [-0.15, -0.1) is 0 Å². The molecule has 0 radical (unpaired) electrons. The van der Waals surface area contributed by atoms with Crippen molar-refractivity contribution in [3.8, 4) is 0 Å². The van der Waals surface area contributed by atoms with Gasteiger partial charge in [-0.2, -0.15) is 0 Å². The van der Waals surface area contributed by atoms with Crippen LogP contribution in [0, 0.1) is 13.8 Å². The van der Waals surface area contributed by atoms with Gasteiger partial charge in [0.05, 0.1) is 0 Å². The number of anilines is 2. The standard InChI is InChI=1S/C15H19N3/c1-10(2)13-5-7-14(8-6-13)18-15-11(3)12(4)16-9-17-15/h5-10H,1-4H3,(H,16,17,18). The van der Waals surface area contributed by atoms with Crippen molar-refractivity contribution in [2.45, 2.75) is 33.6 Å². The Balaban J connectivity index is 2.21. The largest absolute Gasteiger partial charge is 0.340 e. The summed E-state index contributed by atoms with van der Waals surface area (Å²) < 4.78 is 0. The fourth-order valence-electron chi connectivity index (χ4n) is 1.75. The van der Waals surface area contributed by atoms with Crippen molar-refractivity contribution in [3.63, 3.8) is 0 Å². The molecule has 0 fully saturated rings. The fourth-order valence-corrected chi connectivity index (χ4v) is 1.75. The highest BCUT2D eigenvalue weighted by molar-refractivity contribution is 5.59. The van der Waals surface area contributed by atoms with Gasteiger partial charge in [0.15, 0.2) is 0 Å². The van der Waals surface area contributed by atoms with Gasteiger partial charge in [-0.1, -0.05) is 26.0 Å². The van der Waals surface area contributed by atoms with Crippen LogP contribution in [-0.2, 0) is 0 Å². The molecule has 94 valence electrons. The second kappa shape index (κ2) is 5.17. The molecule has 0 saturated heterocycles. The number of benzene rings is 1. The Morgan fingerprint density at radius 3 is 2.28 bits per heavy atom. The van der Waals surface area contributed by atoms with Crippen molar-refractivity contribution < 1.29 is 0 Å². The summed E-state index contributed by atoms with van der Waals surface area (Å²) in [7, 11) is 0. The van der Waals surface area contributed by atoms with Crippen molar-refractivity contribution in [1.29, 1.82) is 0 Å². The van der Waals surface area contributed by atoms with Gasteiger partial charge in [-0.3, -0.25) is 0 Å². The lowest BCUT2D eigenvalue weighted by Crippen LogP contribution is -2.00. The molecule has 0 aliphatic carbocycles. The molecule has 0 unspecified atom stereocenters. The third-order valence-corrected chi connectivity index (χ3v) is 3.18. The van der Waals surface area contributed by atoms with Gasteiger partial charge < -0.3 is 5.32 Å². The van der Waals surface area contributed by atoms with Crippen LogP contribution in [0.4, 0.5) is 11.5 Å². The third kappa shape index (κ3) is 2.67. The maximum Gasteiger partial charge on any atom is 0.136 e. The van der Waals surface area contributed by atoms with Gasteiger partial charge in [-0.05, 0) is 37.5 Å². The Morgan fingerprint density at radius 2 is 1.67 bits per heavy atom. The molecule has 0 amide bonds. The molecular weight excluding hydrogens is 222 g/mol. The lowest BCUT2D eigenvalue weighted by atomic mass is 10.0. The first-order chi connectivity index (χ1) is 8.58. The fraction of sp³-hybridized carbons (Fsp3) is 0.333. The summed E-state index contributed by atoms with van der Waals surface area (Å²) in [4.78, 5) is 8.44. The van der Waals surface area contributed by atoms with Crippen molar-refractivity contribution >= 4 is 11.5 Å². The van der Waals surface area contributed by atoms with Crippen LogP contribution in [0.3, 0.4) is 0 Å². The van der Waals surface area contributed by atoms with Gasteiger partial charge in [0.25, 0.3) is 0 Å². The predicted octanol–water partition coefficient (Wildman–Crippen LogP) is 3.96. The van der Waals surface area contributed by atoms with E-state index in [-0.39, 0.29) is 0 Å². The molecule has 1 heterocycles. The van der Waals surface area contributed by atoms with Crippen LogP contribution in [0.25, 0.3) is 0 Å². The van der Waals surface area contributed by atoms with Crippen molar-refractivity contribution in [3.05, 3.63) is 47.4 Å². The zero-order valence-corrected chi connectivity index (χ0v) is 11.4. The van der Waals surface area contributed by atoms with Gasteiger partial charge in [0.1, 0.15) is 12.1 Å². The molecule has 0 aliphatic rings. The van der Waals surface area contributed by atoms with Crippen LogP contribution in [-0.4, -0.2) is 9.97 Å². The van der Waals surface area contributed by atoms with Crippen LogP contribution in [0.1, 0.15) is 36.6 Å². The summed E-state index contributed by atoms with van der Waals surface area (Å²) in [5.41, 5.74) is 4.49. The molecule has 1 aromatic heterocycles. The minimum Gasteiger partial charge on any atom is -0.340 e. The zero-order chi connectivity index (χ0) is 13.1. The summed E-state index contributed by atoms with van der Waals surface area (Å²) in [5.74, 6) is 1.43. The molecule has 0 saturated carbocycles. The molecule has 2 aromatic rings. The number of hydrogen-bond donors (Lipinski definition) is 1. The Morgan fingerprint density at radius 1 is 1.00 bits per heavy atom. The summed E-state index contributed by atoms with van der Waals surface area (Å²) >= 11 is 0. The number of rotatable bonds is 3. The van der Waals surface area contributed by atoms with E-state index in [2.05, 4.69) is 53.4 Å². The van der Waals surface area contributed by atoms with Gasteiger partial charge in [-0.25, -0.2) is 9.97 Å². The van der Waals surface area contributed by atoms with Crippen molar-refractivity contribution in [1.82, 2.24) is 9.97 Å². The Kier molecular flexibility index (Phi) is 3.60. The first-order valence-electron chi connectivity index (χ1n) is 6.23. The van der Waals surface area contributed by atoms with E-state index >= 15 is 0 Å². The Bertz CT molecular complexity index is 530. The molecule has 3 nitrogen and oxygen atoms in total. The highest BCUT2D eigenvalue weighted by atomic mass is 15.0. The van der Waals surface area contributed by atoms with E-state index in [0.717, 1.165) is 22.8 Å². The normalized spacial score (nSPS) is 10.7. The van der Waals surface area contributed by atoms with Crippen LogP contribution in [0.5, 0.6) is 0 Å². The van der Waals surface area contributed by atoms with E-state index in [0.29, 0.717) is 5.92 Å². The topological polar surface area (TPSA) is 37.8 Å². The minimum atomic E-state index is 0.557. The quantitative estimate of drug-likeness (QED) is 0.883. The highest BCUT2D eigenvalue weighted by Gasteiger charge is 2.04. The van der Waals surface area contributed by atoms with Crippen LogP contribution < -0.4 is 5.32 Å². The first-order valence-corrected chi connectivity index (χ1v) is 6.23. The predicted molar refractivity (Wildman–Crippen MR) is 75.3 cm³/mol. The molecule has 3 heteroatoms. The number of nitrogens with one attached hydrogen (secondary N) is 1. The number of hydrogen-bond acceptors (Lipinski definition) is 3. The SMILES string of the molecule is Cc1ncnc(Nc2ccc(C(C)C)cc2)c1C. The van der Waals surface area contributed by atoms with E-state index in [1.54, 1.807) is 6.33 Å². The lowest BCUT2D eigenvalue weighted by Gasteiger charge is -2.11. The Labute approximate surface area is 108 Å². The molecule has 1 N–H and O–H groups in total. The highest BCUT2D eigenvalue weighted by Crippen LogP contribution is 2.21. The van der Waals surface area contributed by atoms with E-state index < -0.39 is 0 Å². The lowest BCUT2D eigenvalue weighted by molar-refractivity contribution is 0.867. The third-order valence-electron chi connectivity index (χ3n) is 3.18. The second-order valence-electron chi connectivity index (χ2n) is 4.83. The maximum atomic E-state index is 4.27. The summed E-state index contributed by atoms with van der Waals surface area (Å²) in [6.07, 6.45) is 1.59. The minimum absolute atomic E-state index is 0.557. The summed E-state index contributed by atoms with van der Waals surface area (Å²) in [5, 5.41) is 3.33. The number of aromatic nitrogens is 2. The molecular formula is C15H19N3. The van der Waals surface area contributed by atoms with E-state index in [1.807, 2.05) is 13.8 Å². The average Bonchev–Trinajstić information content (AvgIpc) is 2.36. The van der Waals surface area contributed by atoms with Gasteiger partial charge >= 0.3 is 0 Å². The van der Waals surface area contributed by atoms with Crippen LogP contribution >= 0.6 is 0 Å². The summed E-state index contributed by atoms with van der Waals surface area (Å²) in [6.45, 7) is 8.41. The monoisotopic (exact) mass is 241 g/mol. The van der Waals surface area contributed by atoms with E-state index in [4.69, 9.17) is 0 Å². The molecule has 18 heavy (non-hydrogen) atoms. The molecule has 1 aromatic carbocycles. The molecule has 2 rings (SSSR count). The number of aryl methyl sites for hydroxylation is 1. The van der Waals surface area contributed by atoms with Gasteiger partial charge in [0, 0.05) is 16.9 Å². The molecule has 0 atom stereocenters. The van der Waals surface area contributed by atoms with E-state index in [9.17, 15) is 0 Å². The smallest absolute Gasteiger partial charge is 0.136 e. The molecule has 0 bridgehead atoms. The van der Waals surface area contributed by atoms with E-state index in [1.165, 1.54) is 5.56 Å². The Hall–Kier alpha value is -1.90. The number of nitrogens with zero attached hydrogens (tertiary/aromatic N) is 2. The molecule has 0 aliphatic heterocycles. The molecule has 0 spiro atoms. The zero-order valence-electron chi connectivity index (χ0n) is 11.4. The average molecular weight is 241 g/mol. The maximum absolute atomic E-state index is 4.27. The van der Waals surface area contributed by atoms with Crippen molar-refractivity contribution in [2.24, 2.45) is 0 Å². The van der Waals surface area contributed by atoms with Crippen LogP contribution in [0.2, 0.25) is 0 Å². The summed E-state index contributed by atoms with van der Waals surface area (Å²) in [6, 6.07) is 8.48. The second-order valence-corrected chi connectivity index (χ2v) is 4.83. The first kappa shape index (κ1) is 12.6. The van der Waals surface area contributed by atoms with Crippen molar-refractivity contribution in [2.75, 3.05) is 5.32 Å².